The highest BCUT2D eigenvalue weighted by molar-refractivity contribution is 5.66. The maximum absolute atomic E-state index is 12.5. The number of aromatic nitrogens is 2. The van der Waals surface area contributed by atoms with Gasteiger partial charge in [-0.2, -0.15) is 0 Å². The maximum Gasteiger partial charge on any atom is 0.268 e. The van der Waals surface area contributed by atoms with Gasteiger partial charge in [0.1, 0.15) is 0 Å². The molecule has 1 aromatic heterocycles. The molecule has 0 radical (unpaired) electrons. The summed E-state index contributed by atoms with van der Waals surface area (Å²) in [5.41, 5.74) is 6.27. The monoisotopic (exact) mass is 306 g/mol. The minimum atomic E-state index is 0.00450. The van der Waals surface area contributed by atoms with E-state index in [2.05, 4.69) is 56.2 Å². The fourth-order valence-corrected chi connectivity index (χ4v) is 3.01. The van der Waals surface area contributed by atoms with E-state index in [1.807, 2.05) is 22.9 Å². The average Bonchev–Trinajstić information content (AvgIpc) is 2.85. The predicted octanol–water partition coefficient (Wildman–Crippen LogP) is 4.40. The normalized spacial score (nSPS) is 10.9. The van der Waals surface area contributed by atoms with Gasteiger partial charge in [-0.3, -0.25) is 14.6 Å². The summed E-state index contributed by atoms with van der Waals surface area (Å²) in [7, 11) is 0. The van der Waals surface area contributed by atoms with Crippen LogP contribution in [-0.4, -0.2) is 9.78 Å². The number of rotatable bonds is 4. The van der Waals surface area contributed by atoms with E-state index in [9.17, 15) is 4.79 Å². The lowest BCUT2D eigenvalue weighted by Crippen LogP contribution is -2.07. The Labute approximate surface area is 136 Å². The minimum Gasteiger partial charge on any atom is -0.268 e. The van der Waals surface area contributed by atoms with Crippen LogP contribution in [0.3, 0.4) is 0 Å². The third-order valence-electron chi connectivity index (χ3n) is 4.05. The summed E-state index contributed by atoms with van der Waals surface area (Å²) in [5.74, 6) is 0. The summed E-state index contributed by atoms with van der Waals surface area (Å²) < 4.78 is 1.93. The molecular weight excluding hydrogens is 284 g/mol. The average molecular weight is 306 g/mol. The molecule has 0 aliphatic carbocycles. The van der Waals surface area contributed by atoms with Gasteiger partial charge in [0.05, 0.1) is 11.4 Å². The molecule has 3 rings (SSSR count). The van der Waals surface area contributed by atoms with Crippen LogP contribution in [0.15, 0.2) is 53.3 Å². The van der Waals surface area contributed by atoms with Gasteiger partial charge in [0.15, 0.2) is 0 Å². The number of H-pyrrole nitrogens is 1. The Bertz CT molecular complexity index is 887. The van der Waals surface area contributed by atoms with E-state index >= 15 is 0 Å². The van der Waals surface area contributed by atoms with Crippen molar-refractivity contribution >= 4 is 0 Å². The molecule has 0 spiro atoms. The van der Waals surface area contributed by atoms with Gasteiger partial charge in [-0.15, -0.1) is 0 Å². The zero-order valence-corrected chi connectivity index (χ0v) is 13.9. The maximum atomic E-state index is 12.5. The largest absolute Gasteiger partial charge is 0.268 e. The Morgan fingerprint density at radius 2 is 1.70 bits per heavy atom. The number of nitrogens with zero attached hydrogens (tertiary/aromatic N) is 1. The third-order valence-corrected chi connectivity index (χ3v) is 4.05. The number of hydrogen-bond donors (Lipinski definition) is 1. The second-order valence-corrected chi connectivity index (χ2v) is 6.06. The quantitative estimate of drug-likeness (QED) is 0.762. The lowest BCUT2D eigenvalue weighted by molar-refractivity contribution is 0.869. The first-order valence-corrected chi connectivity index (χ1v) is 8.08. The van der Waals surface area contributed by atoms with Gasteiger partial charge in [0.2, 0.25) is 0 Å². The van der Waals surface area contributed by atoms with Gasteiger partial charge in [-0.1, -0.05) is 49.2 Å². The molecule has 0 amide bonds. The fourth-order valence-electron chi connectivity index (χ4n) is 3.01. The van der Waals surface area contributed by atoms with E-state index in [4.69, 9.17) is 0 Å². The van der Waals surface area contributed by atoms with Gasteiger partial charge in [-0.05, 0) is 44.0 Å². The number of aromatic amines is 1. The summed E-state index contributed by atoms with van der Waals surface area (Å²) in [6.45, 7) is 6.23. The molecule has 118 valence electrons. The molecule has 0 saturated heterocycles. The van der Waals surface area contributed by atoms with Crippen molar-refractivity contribution in [2.24, 2.45) is 0 Å². The van der Waals surface area contributed by atoms with Crippen molar-refractivity contribution in [1.82, 2.24) is 9.78 Å². The van der Waals surface area contributed by atoms with E-state index < -0.39 is 0 Å². The molecule has 0 bridgehead atoms. The summed E-state index contributed by atoms with van der Waals surface area (Å²) in [6, 6.07) is 16.5. The fraction of sp³-hybridized carbons (Fsp3) is 0.250. The second-order valence-electron chi connectivity index (χ2n) is 6.06. The van der Waals surface area contributed by atoms with Crippen LogP contribution < -0.4 is 5.56 Å². The number of aryl methyl sites for hydroxylation is 2. The lowest BCUT2D eigenvalue weighted by Gasteiger charge is -2.11. The summed E-state index contributed by atoms with van der Waals surface area (Å²) >= 11 is 0. The lowest BCUT2D eigenvalue weighted by atomic mass is 10.0. The summed E-state index contributed by atoms with van der Waals surface area (Å²) in [4.78, 5) is 12.5. The molecule has 1 heterocycles. The Hall–Kier alpha value is -2.55. The first-order chi connectivity index (χ1) is 11.1. The second kappa shape index (κ2) is 6.29. The van der Waals surface area contributed by atoms with Crippen LogP contribution in [0.1, 0.15) is 30.0 Å². The van der Waals surface area contributed by atoms with Gasteiger partial charge in [0.25, 0.3) is 5.56 Å². The highest BCUT2D eigenvalue weighted by Crippen LogP contribution is 2.26. The summed E-state index contributed by atoms with van der Waals surface area (Å²) in [6.07, 6.45) is 1.72. The SMILES string of the molecule is CCCc1c(-c2cccc(C)c2)n(-c2cccc(C)c2)[nH]c1=O. The Balaban J connectivity index is 2.28. The highest BCUT2D eigenvalue weighted by Gasteiger charge is 2.17. The third kappa shape index (κ3) is 3.00. The molecule has 0 saturated carbocycles. The number of benzene rings is 2. The molecule has 0 aliphatic rings. The van der Waals surface area contributed by atoms with Crippen LogP contribution in [0.2, 0.25) is 0 Å². The van der Waals surface area contributed by atoms with Crippen molar-refractivity contribution in [2.75, 3.05) is 0 Å². The molecule has 0 aliphatic heterocycles. The zero-order chi connectivity index (χ0) is 16.4. The van der Waals surface area contributed by atoms with E-state index in [0.29, 0.717) is 0 Å². The van der Waals surface area contributed by atoms with Crippen molar-refractivity contribution in [3.05, 3.63) is 75.6 Å². The molecule has 0 unspecified atom stereocenters. The van der Waals surface area contributed by atoms with E-state index in [-0.39, 0.29) is 5.56 Å². The van der Waals surface area contributed by atoms with Gasteiger partial charge in [0, 0.05) is 11.1 Å². The standard InChI is InChI=1S/C20H22N2O/c1-4-7-18-19(16-10-5-8-14(2)12-16)22(21-20(18)23)17-11-6-9-15(3)13-17/h5-6,8-13H,4,7H2,1-3H3,(H,21,23). The minimum absolute atomic E-state index is 0.00450. The number of nitrogens with one attached hydrogen (secondary N) is 1. The molecule has 3 aromatic rings. The smallest absolute Gasteiger partial charge is 0.268 e. The first-order valence-electron chi connectivity index (χ1n) is 8.08. The van der Waals surface area contributed by atoms with E-state index in [1.54, 1.807) is 0 Å². The van der Waals surface area contributed by atoms with Crippen molar-refractivity contribution in [1.29, 1.82) is 0 Å². The van der Waals surface area contributed by atoms with Crippen LogP contribution in [0.4, 0.5) is 0 Å². The van der Waals surface area contributed by atoms with Crippen LogP contribution >= 0.6 is 0 Å². The van der Waals surface area contributed by atoms with Gasteiger partial charge >= 0.3 is 0 Å². The Kier molecular flexibility index (Phi) is 4.20. The highest BCUT2D eigenvalue weighted by atomic mass is 16.1. The van der Waals surface area contributed by atoms with Crippen molar-refractivity contribution in [3.63, 3.8) is 0 Å². The van der Waals surface area contributed by atoms with E-state index in [1.165, 1.54) is 11.1 Å². The van der Waals surface area contributed by atoms with Crippen LogP contribution in [0.5, 0.6) is 0 Å². The van der Waals surface area contributed by atoms with Crippen molar-refractivity contribution in [3.8, 4) is 16.9 Å². The molecular formula is C20H22N2O. The molecule has 23 heavy (non-hydrogen) atoms. The molecule has 2 aromatic carbocycles. The Morgan fingerprint density at radius 3 is 2.35 bits per heavy atom. The first kappa shape index (κ1) is 15.3. The summed E-state index contributed by atoms with van der Waals surface area (Å²) in [5, 5.41) is 3.02. The van der Waals surface area contributed by atoms with Crippen LogP contribution in [0, 0.1) is 13.8 Å². The Morgan fingerprint density at radius 1 is 1.00 bits per heavy atom. The number of hydrogen-bond acceptors (Lipinski definition) is 1. The van der Waals surface area contributed by atoms with Crippen LogP contribution in [-0.2, 0) is 6.42 Å². The van der Waals surface area contributed by atoms with E-state index in [0.717, 1.165) is 35.3 Å². The topological polar surface area (TPSA) is 37.8 Å². The molecule has 0 atom stereocenters. The predicted molar refractivity (Wildman–Crippen MR) is 95.3 cm³/mol. The molecule has 1 N–H and O–H groups in total. The molecule has 3 nitrogen and oxygen atoms in total. The van der Waals surface area contributed by atoms with Crippen molar-refractivity contribution < 1.29 is 0 Å². The van der Waals surface area contributed by atoms with Gasteiger partial charge < -0.3 is 0 Å². The molecule has 0 fully saturated rings. The van der Waals surface area contributed by atoms with Crippen molar-refractivity contribution in [2.45, 2.75) is 33.6 Å². The molecule has 3 heteroatoms. The van der Waals surface area contributed by atoms with Gasteiger partial charge in [-0.25, -0.2) is 0 Å². The zero-order valence-electron chi connectivity index (χ0n) is 13.9. The van der Waals surface area contributed by atoms with Crippen LogP contribution in [0.25, 0.3) is 16.9 Å².